The summed E-state index contributed by atoms with van der Waals surface area (Å²) in [4.78, 5) is 11.7. The van der Waals surface area contributed by atoms with E-state index >= 15 is 0 Å². The summed E-state index contributed by atoms with van der Waals surface area (Å²) in [5.74, 6) is -0.0332. The lowest BCUT2D eigenvalue weighted by Crippen LogP contribution is -2.20. The lowest BCUT2D eigenvalue weighted by Gasteiger charge is -2.10. The Hall–Kier alpha value is -2.36. The lowest BCUT2D eigenvalue weighted by atomic mass is 10.1. The molecule has 0 spiro atoms. The van der Waals surface area contributed by atoms with E-state index in [2.05, 4.69) is 5.32 Å². The van der Waals surface area contributed by atoms with E-state index in [1.165, 1.54) is 18.2 Å². The van der Waals surface area contributed by atoms with Gasteiger partial charge in [-0.15, -0.1) is 0 Å². The van der Waals surface area contributed by atoms with Crippen LogP contribution in [0.1, 0.15) is 11.1 Å². The molecule has 0 atom stereocenters. The molecular weight excluding hydrogens is 257 g/mol. The number of aryl methyl sites for hydroxylation is 2. The van der Waals surface area contributed by atoms with Crippen LogP contribution < -0.4 is 10.1 Å². The van der Waals surface area contributed by atoms with Crippen molar-refractivity contribution < 1.29 is 13.9 Å². The predicted molar refractivity (Wildman–Crippen MR) is 76.4 cm³/mol. The number of carbonyl (C=O) groups is 1. The molecule has 0 radical (unpaired) electrons. The molecule has 0 bridgehead atoms. The number of amides is 1. The monoisotopic (exact) mass is 273 g/mol. The van der Waals surface area contributed by atoms with Gasteiger partial charge in [-0.05, 0) is 49.2 Å². The number of anilines is 1. The highest BCUT2D eigenvalue weighted by atomic mass is 19.1. The summed E-state index contributed by atoms with van der Waals surface area (Å²) < 4.78 is 18.5. The Morgan fingerprint density at radius 1 is 1.20 bits per heavy atom. The number of hydrogen-bond acceptors (Lipinski definition) is 2. The number of benzene rings is 2. The van der Waals surface area contributed by atoms with E-state index < -0.39 is 5.82 Å². The highest BCUT2D eigenvalue weighted by Crippen LogP contribution is 2.19. The minimum absolute atomic E-state index is 0.110. The van der Waals surface area contributed by atoms with E-state index in [0.717, 1.165) is 11.1 Å². The SMILES string of the molecule is Cc1ccc(C)c(OCC(=O)Nc2cccc(F)c2)c1. The highest BCUT2D eigenvalue weighted by Gasteiger charge is 2.06. The Balaban J connectivity index is 1.94. The number of ether oxygens (including phenoxy) is 1. The normalized spacial score (nSPS) is 10.2. The first-order valence-electron chi connectivity index (χ1n) is 6.30. The van der Waals surface area contributed by atoms with Gasteiger partial charge in [-0.25, -0.2) is 4.39 Å². The second kappa shape index (κ2) is 6.19. The van der Waals surface area contributed by atoms with E-state index in [-0.39, 0.29) is 12.5 Å². The molecule has 1 N–H and O–H groups in total. The van der Waals surface area contributed by atoms with Crippen LogP contribution in [0.2, 0.25) is 0 Å². The Labute approximate surface area is 117 Å². The maximum Gasteiger partial charge on any atom is 0.262 e. The summed E-state index contributed by atoms with van der Waals surface area (Å²) in [6, 6.07) is 11.5. The van der Waals surface area contributed by atoms with Crippen LogP contribution in [0.5, 0.6) is 5.75 Å². The summed E-state index contributed by atoms with van der Waals surface area (Å²) in [5.41, 5.74) is 2.45. The van der Waals surface area contributed by atoms with Crippen LogP contribution in [-0.4, -0.2) is 12.5 Å². The average molecular weight is 273 g/mol. The molecule has 0 aliphatic heterocycles. The number of halogens is 1. The van der Waals surface area contributed by atoms with Gasteiger partial charge in [0.25, 0.3) is 5.91 Å². The molecule has 0 aliphatic carbocycles. The Bertz CT molecular complexity index is 626. The quantitative estimate of drug-likeness (QED) is 0.926. The summed E-state index contributed by atoms with van der Waals surface area (Å²) in [6.07, 6.45) is 0. The molecule has 0 heterocycles. The molecule has 0 aliphatic rings. The Kier molecular flexibility index (Phi) is 4.35. The molecule has 4 heteroatoms. The van der Waals surface area contributed by atoms with Crippen molar-refractivity contribution in [3.05, 3.63) is 59.4 Å². The first-order chi connectivity index (χ1) is 9.54. The smallest absolute Gasteiger partial charge is 0.262 e. The molecular formula is C16H16FNO2. The van der Waals surface area contributed by atoms with Gasteiger partial charge in [0.2, 0.25) is 0 Å². The third-order valence-corrected chi connectivity index (χ3v) is 2.81. The van der Waals surface area contributed by atoms with Gasteiger partial charge in [-0.1, -0.05) is 18.2 Å². The molecule has 0 fully saturated rings. The third-order valence-electron chi connectivity index (χ3n) is 2.81. The van der Waals surface area contributed by atoms with Crippen LogP contribution in [0, 0.1) is 19.7 Å². The van der Waals surface area contributed by atoms with Crippen LogP contribution in [0.25, 0.3) is 0 Å². The molecule has 0 saturated heterocycles. The number of nitrogens with one attached hydrogen (secondary N) is 1. The molecule has 104 valence electrons. The zero-order chi connectivity index (χ0) is 14.5. The minimum Gasteiger partial charge on any atom is -0.483 e. The average Bonchev–Trinajstić information content (AvgIpc) is 2.40. The number of carbonyl (C=O) groups excluding carboxylic acids is 1. The topological polar surface area (TPSA) is 38.3 Å². The predicted octanol–water partition coefficient (Wildman–Crippen LogP) is 3.46. The van der Waals surface area contributed by atoms with Gasteiger partial charge in [0, 0.05) is 5.69 Å². The first-order valence-corrected chi connectivity index (χ1v) is 6.30. The summed E-state index contributed by atoms with van der Waals surface area (Å²) in [7, 11) is 0. The molecule has 1 amide bonds. The number of hydrogen-bond donors (Lipinski definition) is 1. The molecule has 0 unspecified atom stereocenters. The fourth-order valence-corrected chi connectivity index (χ4v) is 1.77. The van der Waals surface area contributed by atoms with Gasteiger partial charge in [0.1, 0.15) is 11.6 Å². The van der Waals surface area contributed by atoms with Crippen molar-refractivity contribution >= 4 is 11.6 Å². The summed E-state index contributed by atoms with van der Waals surface area (Å²) >= 11 is 0. The maximum absolute atomic E-state index is 13.0. The van der Waals surface area contributed by atoms with Crippen LogP contribution in [0.15, 0.2) is 42.5 Å². The van der Waals surface area contributed by atoms with E-state index in [1.54, 1.807) is 6.07 Å². The fraction of sp³-hybridized carbons (Fsp3) is 0.188. The van der Waals surface area contributed by atoms with Gasteiger partial charge >= 0.3 is 0 Å². The van der Waals surface area contributed by atoms with Crippen LogP contribution >= 0.6 is 0 Å². The van der Waals surface area contributed by atoms with Crippen molar-refractivity contribution in [1.82, 2.24) is 0 Å². The van der Waals surface area contributed by atoms with Crippen LogP contribution in [-0.2, 0) is 4.79 Å². The van der Waals surface area contributed by atoms with E-state index in [9.17, 15) is 9.18 Å². The van der Waals surface area contributed by atoms with Crippen LogP contribution in [0.4, 0.5) is 10.1 Å². The zero-order valence-electron chi connectivity index (χ0n) is 11.4. The highest BCUT2D eigenvalue weighted by molar-refractivity contribution is 5.91. The van der Waals surface area contributed by atoms with Gasteiger partial charge in [0.15, 0.2) is 6.61 Å². The van der Waals surface area contributed by atoms with Gasteiger partial charge in [-0.2, -0.15) is 0 Å². The minimum atomic E-state index is -0.391. The largest absolute Gasteiger partial charge is 0.483 e. The molecule has 2 aromatic carbocycles. The van der Waals surface area contributed by atoms with Gasteiger partial charge in [-0.3, -0.25) is 4.79 Å². The van der Waals surface area contributed by atoms with E-state index in [1.807, 2.05) is 32.0 Å². The summed E-state index contributed by atoms with van der Waals surface area (Å²) in [6.45, 7) is 3.76. The fourth-order valence-electron chi connectivity index (χ4n) is 1.77. The van der Waals surface area contributed by atoms with Crippen molar-refractivity contribution in [3.8, 4) is 5.75 Å². The van der Waals surface area contributed by atoms with E-state index in [0.29, 0.717) is 11.4 Å². The van der Waals surface area contributed by atoms with Crippen molar-refractivity contribution in [2.45, 2.75) is 13.8 Å². The maximum atomic E-state index is 13.0. The Morgan fingerprint density at radius 2 is 2.00 bits per heavy atom. The lowest BCUT2D eigenvalue weighted by molar-refractivity contribution is -0.118. The standard InChI is InChI=1S/C16H16FNO2/c1-11-6-7-12(2)15(8-11)20-10-16(19)18-14-5-3-4-13(17)9-14/h3-9H,10H2,1-2H3,(H,18,19). The molecule has 0 saturated carbocycles. The van der Waals surface area contributed by atoms with Crippen molar-refractivity contribution in [3.63, 3.8) is 0 Å². The zero-order valence-corrected chi connectivity index (χ0v) is 11.4. The number of rotatable bonds is 4. The van der Waals surface area contributed by atoms with Crippen molar-refractivity contribution in [2.24, 2.45) is 0 Å². The van der Waals surface area contributed by atoms with Crippen molar-refractivity contribution in [1.29, 1.82) is 0 Å². The molecule has 2 rings (SSSR count). The second-order valence-corrected chi connectivity index (χ2v) is 4.62. The molecule has 3 nitrogen and oxygen atoms in total. The van der Waals surface area contributed by atoms with Gasteiger partial charge < -0.3 is 10.1 Å². The van der Waals surface area contributed by atoms with Crippen molar-refractivity contribution in [2.75, 3.05) is 11.9 Å². The molecule has 20 heavy (non-hydrogen) atoms. The Morgan fingerprint density at radius 3 is 2.75 bits per heavy atom. The van der Waals surface area contributed by atoms with Gasteiger partial charge in [0.05, 0.1) is 0 Å². The molecule has 0 aromatic heterocycles. The molecule has 2 aromatic rings. The second-order valence-electron chi connectivity index (χ2n) is 4.62. The third kappa shape index (κ3) is 3.82. The first kappa shape index (κ1) is 14.1. The van der Waals surface area contributed by atoms with Crippen LogP contribution in [0.3, 0.4) is 0 Å². The van der Waals surface area contributed by atoms with E-state index in [4.69, 9.17) is 4.74 Å². The summed E-state index contributed by atoms with van der Waals surface area (Å²) in [5, 5.41) is 2.58.